The highest BCUT2D eigenvalue weighted by Crippen LogP contribution is 2.39. The molecule has 1 aromatic carbocycles. The first-order valence-corrected chi connectivity index (χ1v) is 8.31. The van der Waals surface area contributed by atoms with Crippen LogP contribution in [0.4, 0.5) is 17.1 Å². The van der Waals surface area contributed by atoms with Crippen molar-refractivity contribution < 1.29 is 27.0 Å². The van der Waals surface area contributed by atoms with Gasteiger partial charge in [0.05, 0.1) is 21.5 Å². The molecule has 0 fully saturated rings. The number of nitrogens with zero attached hydrogens (tertiary/aromatic N) is 2. The van der Waals surface area contributed by atoms with Gasteiger partial charge < -0.3 is 9.67 Å². The predicted molar refractivity (Wildman–Crippen MR) is 93.4 cm³/mol. The minimum absolute atomic E-state index is 0.00491. The Balaban J connectivity index is 2.32. The lowest BCUT2D eigenvalue weighted by Gasteiger charge is -2.10. The Bertz CT molecular complexity index is 1110. The number of rotatable bonds is 4. The van der Waals surface area contributed by atoms with Gasteiger partial charge in [0, 0.05) is 18.0 Å². The molecular weight excluding hydrogens is 412 g/mol. The van der Waals surface area contributed by atoms with Crippen LogP contribution in [0.25, 0.3) is 22.0 Å². The highest BCUT2D eigenvalue weighted by Gasteiger charge is 2.33. The standard InChI is InChI=1S/C16H9ClF4N2O3S/c17-11-2-1-8(5-10(11)16(18,19)20)9-6-23(27-21)12-3-4-22(7-13(24)25)15(26)14(9)12/h1-6H,7H2,(H,24,25). The van der Waals surface area contributed by atoms with E-state index in [0.717, 1.165) is 20.7 Å². The topological polar surface area (TPSA) is 64.2 Å². The van der Waals surface area contributed by atoms with Crippen molar-refractivity contribution in [3.63, 3.8) is 0 Å². The fourth-order valence-corrected chi connectivity index (χ4v) is 3.31. The van der Waals surface area contributed by atoms with E-state index in [1.54, 1.807) is 0 Å². The van der Waals surface area contributed by atoms with Crippen LogP contribution in [0, 0.1) is 0 Å². The van der Waals surface area contributed by atoms with Gasteiger partial charge in [0.2, 0.25) is 0 Å². The second-order valence-corrected chi connectivity index (χ2v) is 6.47. The van der Waals surface area contributed by atoms with Crippen LogP contribution in [0.2, 0.25) is 5.02 Å². The first-order valence-electron chi connectivity index (χ1n) is 7.26. The molecule has 0 aliphatic heterocycles. The number of hydrogen-bond acceptors (Lipinski definition) is 3. The first kappa shape index (κ1) is 19.3. The van der Waals surface area contributed by atoms with Crippen LogP contribution in [0.3, 0.4) is 0 Å². The molecule has 5 nitrogen and oxygen atoms in total. The number of hydrogen-bond donors (Lipinski definition) is 1. The molecule has 2 aromatic heterocycles. The summed E-state index contributed by atoms with van der Waals surface area (Å²) in [6.45, 7) is -0.642. The van der Waals surface area contributed by atoms with E-state index in [9.17, 15) is 26.6 Å². The molecule has 0 unspecified atom stereocenters. The molecule has 0 spiro atoms. The van der Waals surface area contributed by atoms with Gasteiger partial charge in [0.1, 0.15) is 6.54 Å². The van der Waals surface area contributed by atoms with Crippen molar-refractivity contribution in [2.45, 2.75) is 12.7 Å². The number of carboxylic acids is 1. The van der Waals surface area contributed by atoms with Crippen molar-refractivity contribution in [1.29, 1.82) is 0 Å². The van der Waals surface area contributed by atoms with Crippen LogP contribution in [0.5, 0.6) is 0 Å². The third kappa shape index (κ3) is 3.54. The molecule has 0 radical (unpaired) electrons. The van der Waals surface area contributed by atoms with Gasteiger partial charge >= 0.3 is 12.1 Å². The number of aliphatic carboxylic acids is 1. The van der Waals surface area contributed by atoms with Crippen molar-refractivity contribution in [1.82, 2.24) is 8.54 Å². The van der Waals surface area contributed by atoms with Crippen LogP contribution < -0.4 is 5.56 Å². The molecular formula is C16H9ClF4N2O3S. The first-order chi connectivity index (χ1) is 12.6. The highest BCUT2D eigenvalue weighted by atomic mass is 35.5. The minimum atomic E-state index is -4.72. The summed E-state index contributed by atoms with van der Waals surface area (Å²) in [5.41, 5.74) is -1.73. The minimum Gasteiger partial charge on any atom is -0.480 e. The molecule has 2 heterocycles. The number of carbonyl (C=O) groups is 1. The number of pyridine rings is 1. The summed E-state index contributed by atoms with van der Waals surface area (Å²) in [7, 11) is 0. The zero-order valence-corrected chi connectivity index (χ0v) is 14.7. The molecule has 0 saturated heterocycles. The fraction of sp³-hybridized carbons (Fsp3) is 0.125. The van der Waals surface area contributed by atoms with Crippen molar-refractivity contribution in [3.05, 3.63) is 57.6 Å². The number of fused-ring (bicyclic) bond motifs is 1. The lowest BCUT2D eigenvalue weighted by molar-refractivity contribution is -0.138. The summed E-state index contributed by atoms with van der Waals surface area (Å²) in [6, 6.07) is 4.38. The summed E-state index contributed by atoms with van der Waals surface area (Å²) >= 11 is 5.37. The average Bonchev–Trinajstić information content (AvgIpc) is 2.96. The summed E-state index contributed by atoms with van der Waals surface area (Å²) in [6.07, 6.45) is -2.37. The van der Waals surface area contributed by atoms with E-state index in [2.05, 4.69) is 0 Å². The second kappa shape index (κ2) is 6.93. The number of aromatic nitrogens is 2. The zero-order chi connectivity index (χ0) is 19.9. The highest BCUT2D eigenvalue weighted by molar-refractivity contribution is 7.92. The SMILES string of the molecule is O=C(O)Cn1ccc2c(c(-c3ccc(Cl)c(C(F)(F)F)c3)cn2SF)c1=O. The second-order valence-electron chi connectivity index (χ2n) is 5.53. The number of alkyl halides is 3. The summed E-state index contributed by atoms with van der Waals surface area (Å²) < 4.78 is 54.5. The lowest BCUT2D eigenvalue weighted by atomic mass is 10.0. The van der Waals surface area contributed by atoms with Crippen molar-refractivity contribution in [2.24, 2.45) is 0 Å². The Kier molecular flexibility index (Phi) is 4.96. The molecule has 11 heteroatoms. The van der Waals surface area contributed by atoms with Crippen molar-refractivity contribution in [2.75, 3.05) is 0 Å². The van der Waals surface area contributed by atoms with Gasteiger partial charge in [-0.25, -0.2) is 0 Å². The Morgan fingerprint density at radius 3 is 2.56 bits per heavy atom. The molecule has 3 rings (SSSR count). The molecule has 0 bridgehead atoms. The molecule has 3 aromatic rings. The predicted octanol–water partition coefficient (Wildman–Crippen LogP) is 4.61. The van der Waals surface area contributed by atoms with Crippen LogP contribution in [-0.2, 0) is 17.5 Å². The van der Waals surface area contributed by atoms with Crippen LogP contribution in [0.15, 0.2) is 41.5 Å². The van der Waals surface area contributed by atoms with E-state index in [-0.39, 0.29) is 34.4 Å². The maximum atomic E-state index is 13.2. The van der Waals surface area contributed by atoms with Gasteiger partial charge in [-0.2, -0.15) is 13.2 Å². The Morgan fingerprint density at radius 2 is 1.96 bits per heavy atom. The van der Waals surface area contributed by atoms with E-state index in [1.165, 1.54) is 24.5 Å². The normalized spacial score (nSPS) is 11.9. The number of carboxylic acid groups (broad SMARTS) is 1. The number of benzene rings is 1. The maximum Gasteiger partial charge on any atom is 0.417 e. The molecule has 27 heavy (non-hydrogen) atoms. The van der Waals surface area contributed by atoms with Gasteiger partial charge in [0.15, 0.2) is 12.3 Å². The van der Waals surface area contributed by atoms with E-state index < -0.39 is 34.8 Å². The largest absolute Gasteiger partial charge is 0.480 e. The Morgan fingerprint density at radius 1 is 1.26 bits per heavy atom. The quantitative estimate of drug-likeness (QED) is 0.626. The van der Waals surface area contributed by atoms with E-state index in [4.69, 9.17) is 16.7 Å². The smallest absolute Gasteiger partial charge is 0.417 e. The Labute approximate surface area is 158 Å². The molecule has 0 aliphatic rings. The van der Waals surface area contributed by atoms with Crippen molar-refractivity contribution >= 4 is 40.8 Å². The Hall–Kier alpha value is -2.46. The molecule has 1 N–H and O–H groups in total. The van der Waals surface area contributed by atoms with Crippen LogP contribution in [0.1, 0.15) is 5.56 Å². The van der Waals surface area contributed by atoms with Gasteiger partial charge in [-0.3, -0.25) is 13.6 Å². The number of halogens is 5. The van der Waals surface area contributed by atoms with E-state index >= 15 is 0 Å². The molecule has 0 amide bonds. The van der Waals surface area contributed by atoms with E-state index in [1.807, 2.05) is 0 Å². The molecule has 0 saturated carbocycles. The van der Waals surface area contributed by atoms with E-state index in [0.29, 0.717) is 0 Å². The van der Waals surface area contributed by atoms with Crippen LogP contribution in [-0.4, -0.2) is 19.6 Å². The summed E-state index contributed by atoms with van der Waals surface area (Å²) in [5, 5.41) is 8.28. The molecule has 142 valence electrons. The fourth-order valence-electron chi connectivity index (χ4n) is 2.71. The lowest BCUT2D eigenvalue weighted by Crippen LogP contribution is -2.23. The van der Waals surface area contributed by atoms with Crippen molar-refractivity contribution in [3.8, 4) is 11.1 Å². The van der Waals surface area contributed by atoms with Gasteiger partial charge in [-0.1, -0.05) is 17.7 Å². The molecule has 0 aliphatic carbocycles. The summed E-state index contributed by atoms with van der Waals surface area (Å²) in [4.78, 5) is 23.5. The third-order valence-corrected chi connectivity index (χ3v) is 4.64. The monoisotopic (exact) mass is 420 g/mol. The van der Waals surface area contributed by atoms with Gasteiger partial charge in [-0.05, 0) is 23.8 Å². The molecule has 0 atom stereocenters. The third-order valence-electron chi connectivity index (χ3n) is 3.86. The maximum absolute atomic E-state index is 13.2. The van der Waals surface area contributed by atoms with Gasteiger partial charge in [0.25, 0.3) is 5.56 Å². The van der Waals surface area contributed by atoms with Gasteiger partial charge in [-0.15, -0.1) is 3.89 Å². The summed E-state index contributed by atoms with van der Waals surface area (Å²) in [5.74, 6) is -1.27. The average molecular weight is 421 g/mol. The van der Waals surface area contributed by atoms with Crippen LogP contribution >= 0.6 is 23.9 Å². The zero-order valence-electron chi connectivity index (χ0n) is 13.1.